The van der Waals surface area contributed by atoms with Gasteiger partial charge in [-0.05, 0) is 23.9 Å². The average Bonchev–Trinajstić information content (AvgIpc) is 2.55. The summed E-state index contributed by atoms with van der Waals surface area (Å²) in [5.41, 5.74) is 2.07. The van der Waals surface area contributed by atoms with Crippen LogP contribution in [-0.4, -0.2) is 22.0 Å². The zero-order valence-corrected chi connectivity index (χ0v) is 12.1. The van der Waals surface area contributed by atoms with Gasteiger partial charge in [0.2, 0.25) is 0 Å². The van der Waals surface area contributed by atoms with E-state index >= 15 is 0 Å². The quantitative estimate of drug-likeness (QED) is 0.766. The fourth-order valence-electron chi connectivity index (χ4n) is 2.42. The highest BCUT2D eigenvalue weighted by Crippen LogP contribution is 2.28. The predicted octanol–water partition coefficient (Wildman–Crippen LogP) is 3.37. The maximum Gasteiger partial charge on any atom is 0.139 e. The van der Waals surface area contributed by atoms with Crippen molar-refractivity contribution < 1.29 is 0 Å². The van der Waals surface area contributed by atoms with Gasteiger partial charge in [0.05, 0.1) is 0 Å². The number of hydrogen-bond acceptors (Lipinski definition) is 5. The smallest absolute Gasteiger partial charge is 0.139 e. The summed E-state index contributed by atoms with van der Waals surface area (Å²) in [7, 11) is 1.87. The molecule has 1 aromatic carbocycles. The standard InChI is InChI=1S/C16H17N5/c1-3-12-15(17-2)19-10-20-16(12)21-14-6-4-5-11-7-8-18-9-13(11)14/h4-10H,3H2,1-2H3,(H2,17,19,20,21). The predicted molar refractivity (Wildman–Crippen MR) is 86.0 cm³/mol. The van der Waals surface area contributed by atoms with Crippen molar-refractivity contribution >= 4 is 28.1 Å². The summed E-state index contributed by atoms with van der Waals surface area (Å²) in [6.45, 7) is 2.09. The molecule has 0 radical (unpaired) electrons. The topological polar surface area (TPSA) is 62.7 Å². The molecule has 3 aromatic rings. The van der Waals surface area contributed by atoms with Crippen molar-refractivity contribution in [2.75, 3.05) is 17.7 Å². The van der Waals surface area contributed by atoms with E-state index in [2.05, 4.69) is 38.6 Å². The highest BCUT2D eigenvalue weighted by Gasteiger charge is 2.10. The van der Waals surface area contributed by atoms with Crippen molar-refractivity contribution in [2.24, 2.45) is 0 Å². The summed E-state index contributed by atoms with van der Waals surface area (Å²) in [6.07, 6.45) is 6.08. The van der Waals surface area contributed by atoms with Gasteiger partial charge in [0.1, 0.15) is 18.0 Å². The molecule has 0 aliphatic rings. The van der Waals surface area contributed by atoms with Crippen LogP contribution in [-0.2, 0) is 6.42 Å². The lowest BCUT2D eigenvalue weighted by Gasteiger charge is -2.14. The number of anilines is 3. The summed E-state index contributed by atoms with van der Waals surface area (Å²) < 4.78 is 0. The molecule has 0 fully saturated rings. The van der Waals surface area contributed by atoms with Gasteiger partial charge in [0, 0.05) is 36.1 Å². The summed E-state index contributed by atoms with van der Waals surface area (Å²) in [4.78, 5) is 12.8. The Kier molecular flexibility index (Phi) is 3.64. The molecule has 2 aromatic heterocycles. The molecule has 3 rings (SSSR count). The van der Waals surface area contributed by atoms with Gasteiger partial charge >= 0.3 is 0 Å². The molecular formula is C16H17N5. The van der Waals surface area contributed by atoms with Crippen LogP contribution in [0, 0.1) is 0 Å². The molecule has 2 heterocycles. The van der Waals surface area contributed by atoms with Crippen molar-refractivity contribution in [3.8, 4) is 0 Å². The molecule has 5 nitrogen and oxygen atoms in total. The zero-order valence-electron chi connectivity index (χ0n) is 12.1. The maximum atomic E-state index is 4.38. The van der Waals surface area contributed by atoms with Crippen LogP contribution in [0.1, 0.15) is 12.5 Å². The van der Waals surface area contributed by atoms with E-state index in [4.69, 9.17) is 0 Å². The van der Waals surface area contributed by atoms with E-state index in [-0.39, 0.29) is 0 Å². The summed E-state index contributed by atoms with van der Waals surface area (Å²) >= 11 is 0. The van der Waals surface area contributed by atoms with Crippen LogP contribution in [0.3, 0.4) is 0 Å². The van der Waals surface area contributed by atoms with Gasteiger partial charge in [-0.2, -0.15) is 0 Å². The summed E-state index contributed by atoms with van der Waals surface area (Å²) in [6, 6.07) is 8.13. The number of rotatable bonds is 4. The van der Waals surface area contributed by atoms with E-state index in [1.54, 1.807) is 12.5 Å². The van der Waals surface area contributed by atoms with Gasteiger partial charge in [-0.15, -0.1) is 0 Å². The van der Waals surface area contributed by atoms with E-state index in [0.717, 1.165) is 40.1 Å². The third-order valence-corrected chi connectivity index (χ3v) is 3.47. The van der Waals surface area contributed by atoms with Crippen LogP contribution in [0.15, 0.2) is 43.0 Å². The first kappa shape index (κ1) is 13.3. The second kappa shape index (κ2) is 5.75. The van der Waals surface area contributed by atoms with Gasteiger partial charge in [0.25, 0.3) is 0 Å². The summed E-state index contributed by atoms with van der Waals surface area (Å²) in [5, 5.41) is 8.74. The normalized spacial score (nSPS) is 10.6. The highest BCUT2D eigenvalue weighted by atomic mass is 15.1. The van der Waals surface area contributed by atoms with Gasteiger partial charge in [-0.1, -0.05) is 19.1 Å². The zero-order chi connectivity index (χ0) is 14.7. The Morgan fingerprint density at radius 2 is 1.95 bits per heavy atom. The van der Waals surface area contributed by atoms with Crippen LogP contribution in [0.4, 0.5) is 17.3 Å². The lowest BCUT2D eigenvalue weighted by molar-refractivity contribution is 1.05. The van der Waals surface area contributed by atoms with Crippen molar-refractivity contribution in [3.05, 3.63) is 48.5 Å². The SMILES string of the molecule is CCc1c(NC)ncnc1Nc1cccc2ccncc12. The fraction of sp³-hybridized carbons (Fsp3) is 0.188. The molecule has 0 aliphatic carbocycles. The van der Waals surface area contributed by atoms with Gasteiger partial charge in [-0.25, -0.2) is 9.97 Å². The number of fused-ring (bicyclic) bond motifs is 1. The van der Waals surface area contributed by atoms with Crippen molar-refractivity contribution in [1.29, 1.82) is 0 Å². The van der Waals surface area contributed by atoms with Gasteiger partial charge < -0.3 is 10.6 Å². The summed E-state index contributed by atoms with van der Waals surface area (Å²) in [5.74, 6) is 1.68. The minimum atomic E-state index is 0.827. The minimum absolute atomic E-state index is 0.827. The second-order valence-electron chi connectivity index (χ2n) is 4.68. The first-order chi connectivity index (χ1) is 10.3. The molecule has 0 bridgehead atoms. The Bertz CT molecular complexity index is 764. The second-order valence-corrected chi connectivity index (χ2v) is 4.68. The average molecular weight is 279 g/mol. The van der Waals surface area contributed by atoms with E-state index < -0.39 is 0 Å². The number of nitrogens with one attached hydrogen (secondary N) is 2. The number of aromatic nitrogens is 3. The molecule has 0 saturated heterocycles. The molecule has 21 heavy (non-hydrogen) atoms. The van der Waals surface area contributed by atoms with Crippen LogP contribution in [0.25, 0.3) is 10.8 Å². The number of hydrogen-bond donors (Lipinski definition) is 2. The number of benzene rings is 1. The molecule has 0 saturated carbocycles. The Morgan fingerprint density at radius 3 is 2.76 bits per heavy atom. The number of pyridine rings is 1. The van der Waals surface area contributed by atoms with Crippen LogP contribution < -0.4 is 10.6 Å². The molecule has 5 heteroatoms. The van der Waals surface area contributed by atoms with Crippen LogP contribution >= 0.6 is 0 Å². The third-order valence-electron chi connectivity index (χ3n) is 3.47. The molecule has 106 valence electrons. The van der Waals surface area contributed by atoms with Crippen molar-refractivity contribution in [1.82, 2.24) is 15.0 Å². The van der Waals surface area contributed by atoms with E-state index in [0.29, 0.717) is 0 Å². The molecule has 0 spiro atoms. The highest BCUT2D eigenvalue weighted by molar-refractivity contribution is 5.94. The maximum absolute atomic E-state index is 4.38. The molecule has 0 amide bonds. The van der Waals surface area contributed by atoms with Crippen molar-refractivity contribution in [3.63, 3.8) is 0 Å². The Labute approximate surface area is 123 Å². The largest absolute Gasteiger partial charge is 0.373 e. The Hall–Kier alpha value is -2.69. The fourth-order valence-corrected chi connectivity index (χ4v) is 2.42. The first-order valence-electron chi connectivity index (χ1n) is 6.95. The van der Waals surface area contributed by atoms with Crippen molar-refractivity contribution in [2.45, 2.75) is 13.3 Å². The van der Waals surface area contributed by atoms with E-state index in [1.165, 1.54) is 0 Å². The van der Waals surface area contributed by atoms with E-state index in [9.17, 15) is 0 Å². The Morgan fingerprint density at radius 1 is 1.10 bits per heavy atom. The minimum Gasteiger partial charge on any atom is -0.373 e. The molecule has 2 N–H and O–H groups in total. The molecular weight excluding hydrogens is 262 g/mol. The van der Waals surface area contributed by atoms with E-state index in [1.807, 2.05) is 31.4 Å². The molecule has 0 atom stereocenters. The van der Waals surface area contributed by atoms with Gasteiger partial charge in [0.15, 0.2) is 0 Å². The lowest BCUT2D eigenvalue weighted by atomic mass is 10.1. The Balaban J connectivity index is 2.07. The van der Waals surface area contributed by atoms with Crippen LogP contribution in [0.5, 0.6) is 0 Å². The number of nitrogens with zero attached hydrogens (tertiary/aromatic N) is 3. The lowest BCUT2D eigenvalue weighted by Crippen LogP contribution is -2.05. The van der Waals surface area contributed by atoms with Gasteiger partial charge in [-0.3, -0.25) is 4.98 Å². The monoisotopic (exact) mass is 279 g/mol. The third kappa shape index (κ3) is 2.50. The molecule has 0 aliphatic heterocycles. The molecule has 0 unspecified atom stereocenters. The van der Waals surface area contributed by atoms with Crippen LogP contribution in [0.2, 0.25) is 0 Å². The first-order valence-corrected chi connectivity index (χ1v) is 6.95.